The van der Waals surface area contributed by atoms with E-state index in [9.17, 15) is 9.59 Å². The fourth-order valence-electron chi connectivity index (χ4n) is 3.87. The highest BCUT2D eigenvalue weighted by atomic mass is 79.9. The van der Waals surface area contributed by atoms with E-state index in [1.807, 2.05) is 4.90 Å². The van der Waals surface area contributed by atoms with Crippen LogP contribution in [0.5, 0.6) is 0 Å². The van der Waals surface area contributed by atoms with Gasteiger partial charge in [0.15, 0.2) is 0 Å². The summed E-state index contributed by atoms with van der Waals surface area (Å²) in [5.41, 5.74) is 6.65. The third-order valence-corrected chi connectivity index (χ3v) is 6.53. The van der Waals surface area contributed by atoms with Crippen LogP contribution in [0, 0.1) is 5.41 Å². The van der Waals surface area contributed by atoms with Crippen molar-refractivity contribution in [1.29, 1.82) is 5.41 Å². The SMILES string of the molecule is CN(C)C1CCN(C(=O)c2[nH]c3ncnc(Nc4cc(C=N)c(N)[nH]c4=O)c3c2Br)CC1. The summed E-state index contributed by atoms with van der Waals surface area (Å²) in [6, 6.07) is 1.94. The summed E-state index contributed by atoms with van der Waals surface area (Å²) in [6.45, 7) is 1.35. The van der Waals surface area contributed by atoms with Gasteiger partial charge in [-0.05, 0) is 48.9 Å². The van der Waals surface area contributed by atoms with Crippen molar-refractivity contribution in [1.82, 2.24) is 29.7 Å². The van der Waals surface area contributed by atoms with Gasteiger partial charge in [-0.25, -0.2) is 9.97 Å². The Kier molecular flexibility index (Phi) is 5.98. The minimum atomic E-state index is -0.452. The molecule has 0 saturated carbocycles. The highest BCUT2D eigenvalue weighted by molar-refractivity contribution is 9.10. The molecule has 1 amide bonds. The molecule has 3 aromatic rings. The van der Waals surface area contributed by atoms with Crippen LogP contribution in [0.4, 0.5) is 17.3 Å². The first-order valence-electron chi connectivity index (χ1n) is 10.1. The molecule has 1 aliphatic heterocycles. The van der Waals surface area contributed by atoms with E-state index in [4.69, 9.17) is 11.1 Å². The number of nitrogens with two attached hydrogens (primary N) is 1. The highest BCUT2D eigenvalue weighted by Gasteiger charge is 2.28. The van der Waals surface area contributed by atoms with E-state index in [2.05, 4.69) is 60.2 Å². The Morgan fingerprint density at radius 1 is 1.34 bits per heavy atom. The van der Waals surface area contributed by atoms with Crippen LogP contribution in [0.2, 0.25) is 0 Å². The summed E-state index contributed by atoms with van der Waals surface area (Å²) in [4.78, 5) is 43.6. The minimum absolute atomic E-state index is 0.108. The van der Waals surface area contributed by atoms with Gasteiger partial charge in [-0.2, -0.15) is 0 Å². The molecule has 0 aromatic carbocycles. The van der Waals surface area contributed by atoms with Crippen LogP contribution in [-0.4, -0.2) is 75.1 Å². The van der Waals surface area contributed by atoms with Gasteiger partial charge in [-0.3, -0.25) is 9.59 Å². The molecule has 0 unspecified atom stereocenters. The molecule has 4 rings (SSSR count). The maximum atomic E-state index is 13.2. The predicted molar refractivity (Wildman–Crippen MR) is 127 cm³/mol. The lowest BCUT2D eigenvalue weighted by atomic mass is 10.0. The number of hydrogen-bond acceptors (Lipinski definition) is 8. The molecule has 4 heterocycles. The van der Waals surface area contributed by atoms with Gasteiger partial charge >= 0.3 is 0 Å². The van der Waals surface area contributed by atoms with Crippen molar-refractivity contribution < 1.29 is 4.79 Å². The van der Waals surface area contributed by atoms with E-state index >= 15 is 0 Å². The number of fused-ring (bicyclic) bond motifs is 1. The lowest BCUT2D eigenvalue weighted by molar-refractivity contribution is 0.0657. The summed E-state index contributed by atoms with van der Waals surface area (Å²) < 4.78 is 0.523. The molecular weight excluding hydrogens is 478 g/mol. The second-order valence-electron chi connectivity index (χ2n) is 7.90. The summed E-state index contributed by atoms with van der Waals surface area (Å²) in [7, 11) is 4.11. The van der Waals surface area contributed by atoms with Gasteiger partial charge in [0.05, 0.1) is 9.86 Å². The largest absolute Gasteiger partial charge is 0.385 e. The first kappa shape index (κ1) is 22.0. The van der Waals surface area contributed by atoms with Crippen molar-refractivity contribution in [3.05, 3.63) is 38.5 Å². The molecule has 12 heteroatoms. The molecule has 0 aliphatic carbocycles. The first-order chi connectivity index (χ1) is 15.3. The fraction of sp³-hybridized carbons (Fsp3) is 0.350. The van der Waals surface area contributed by atoms with Crippen LogP contribution in [0.25, 0.3) is 11.0 Å². The van der Waals surface area contributed by atoms with Crippen LogP contribution in [0.15, 0.2) is 21.7 Å². The first-order valence-corrected chi connectivity index (χ1v) is 10.9. The Hall–Kier alpha value is -3.25. The smallest absolute Gasteiger partial charge is 0.273 e. The number of nitrogen functional groups attached to an aromatic ring is 1. The molecule has 3 aromatic heterocycles. The van der Waals surface area contributed by atoms with E-state index in [1.54, 1.807) is 0 Å². The van der Waals surface area contributed by atoms with Crippen LogP contribution >= 0.6 is 15.9 Å². The number of amides is 1. The Morgan fingerprint density at radius 3 is 2.72 bits per heavy atom. The van der Waals surface area contributed by atoms with Crippen LogP contribution in [-0.2, 0) is 0 Å². The number of aromatic nitrogens is 4. The molecule has 0 atom stereocenters. The molecular formula is C20H24BrN9O2. The average Bonchev–Trinajstić information content (AvgIpc) is 3.12. The van der Waals surface area contributed by atoms with E-state index < -0.39 is 5.56 Å². The second kappa shape index (κ2) is 8.71. The Morgan fingerprint density at radius 2 is 2.06 bits per heavy atom. The normalized spacial score (nSPS) is 14.8. The Bertz CT molecular complexity index is 1240. The van der Waals surface area contributed by atoms with Gasteiger partial charge < -0.3 is 36.2 Å². The Labute approximate surface area is 192 Å². The van der Waals surface area contributed by atoms with Gasteiger partial charge in [-0.15, -0.1) is 0 Å². The number of rotatable bonds is 5. The highest BCUT2D eigenvalue weighted by Crippen LogP contribution is 2.33. The molecule has 0 bridgehead atoms. The monoisotopic (exact) mass is 501 g/mol. The standard InChI is InChI=1S/C20H24BrN9O2/c1-29(2)11-3-5-30(6-4-11)20(32)15-14(21)13-17(24-9-25-18(13)27-15)26-12-7-10(8-22)16(23)28-19(12)31/h7-9,11,22H,3-6H2,1-2H3,(H3,23,28,31)(H2,24,25,26,27). The van der Waals surface area contributed by atoms with Crippen molar-refractivity contribution in [2.75, 3.05) is 38.2 Å². The van der Waals surface area contributed by atoms with Crippen LogP contribution < -0.4 is 16.6 Å². The number of piperidine rings is 1. The van der Waals surface area contributed by atoms with Crippen molar-refractivity contribution in [3.8, 4) is 0 Å². The lowest BCUT2D eigenvalue weighted by Crippen LogP contribution is -2.44. The van der Waals surface area contributed by atoms with Crippen LogP contribution in [0.1, 0.15) is 28.9 Å². The van der Waals surface area contributed by atoms with Crippen molar-refractivity contribution >= 4 is 56.4 Å². The average molecular weight is 502 g/mol. The number of nitrogens with one attached hydrogen (secondary N) is 4. The van der Waals surface area contributed by atoms with Gasteiger partial charge in [0.1, 0.15) is 35.0 Å². The van der Waals surface area contributed by atoms with Gasteiger partial charge in [0, 0.05) is 30.9 Å². The van der Waals surface area contributed by atoms with Gasteiger partial charge in [0.25, 0.3) is 11.5 Å². The molecule has 1 aliphatic rings. The number of pyridine rings is 1. The number of carbonyl (C=O) groups is 1. The molecule has 0 spiro atoms. The van der Waals surface area contributed by atoms with Gasteiger partial charge in [-0.1, -0.05) is 0 Å². The third-order valence-electron chi connectivity index (χ3n) is 5.74. The number of anilines is 3. The molecule has 11 nitrogen and oxygen atoms in total. The molecule has 6 N–H and O–H groups in total. The summed E-state index contributed by atoms with van der Waals surface area (Å²) >= 11 is 3.53. The van der Waals surface area contributed by atoms with E-state index in [0.717, 1.165) is 19.1 Å². The number of aromatic amines is 2. The fourth-order valence-corrected chi connectivity index (χ4v) is 4.52. The van der Waals surface area contributed by atoms with Crippen molar-refractivity contribution in [2.45, 2.75) is 18.9 Å². The quantitative estimate of drug-likeness (QED) is 0.333. The second-order valence-corrected chi connectivity index (χ2v) is 8.69. The summed E-state index contributed by atoms with van der Waals surface area (Å²) in [6.07, 6.45) is 4.22. The zero-order valence-electron chi connectivity index (χ0n) is 17.7. The lowest BCUT2D eigenvalue weighted by Gasteiger charge is -2.35. The number of likely N-dealkylation sites (tertiary alicyclic amines) is 1. The third kappa shape index (κ3) is 3.98. The minimum Gasteiger partial charge on any atom is -0.385 e. The van der Waals surface area contributed by atoms with E-state index in [0.29, 0.717) is 51.7 Å². The topological polar surface area (TPSA) is 160 Å². The van der Waals surface area contributed by atoms with E-state index in [1.165, 1.54) is 12.4 Å². The maximum absolute atomic E-state index is 13.2. The number of hydrogen-bond donors (Lipinski definition) is 5. The number of H-pyrrole nitrogens is 2. The molecule has 168 valence electrons. The maximum Gasteiger partial charge on any atom is 0.273 e. The number of halogens is 1. The van der Waals surface area contributed by atoms with Gasteiger partial charge in [0.2, 0.25) is 0 Å². The van der Waals surface area contributed by atoms with Crippen molar-refractivity contribution in [3.63, 3.8) is 0 Å². The van der Waals surface area contributed by atoms with Crippen molar-refractivity contribution in [2.24, 2.45) is 0 Å². The van der Waals surface area contributed by atoms with E-state index in [-0.39, 0.29) is 17.4 Å². The summed E-state index contributed by atoms with van der Waals surface area (Å²) in [5, 5.41) is 11.0. The number of nitrogens with zero attached hydrogens (tertiary/aromatic N) is 4. The summed E-state index contributed by atoms with van der Waals surface area (Å²) in [5.74, 6) is 0.335. The molecule has 0 radical (unpaired) electrons. The predicted octanol–water partition coefficient (Wildman–Crippen LogP) is 1.90. The zero-order chi connectivity index (χ0) is 23.0. The molecule has 1 saturated heterocycles. The molecule has 32 heavy (non-hydrogen) atoms. The zero-order valence-corrected chi connectivity index (χ0v) is 19.3. The Balaban J connectivity index is 1.66. The number of carbonyl (C=O) groups excluding carboxylic acids is 1. The molecule has 1 fully saturated rings. The van der Waals surface area contributed by atoms with Crippen LogP contribution in [0.3, 0.4) is 0 Å².